The van der Waals surface area contributed by atoms with Gasteiger partial charge in [-0.2, -0.15) is 0 Å². The van der Waals surface area contributed by atoms with Gasteiger partial charge in [-0.3, -0.25) is 14.6 Å². The number of nitrogens with one attached hydrogen (secondary N) is 1. The number of allylic oxidation sites excluding steroid dienone is 2. The molecule has 7 heterocycles. The fourth-order valence-corrected chi connectivity index (χ4v) is 8.38. The van der Waals surface area contributed by atoms with E-state index in [1.807, 2.05) is 30.6 Å². The van der Waals surface area contributed by atoms with Crippen LogP contribution in [0.1, 0.15) is 53.6 Å². The number of hydrogen-bond acceptors (Lipinski definition) is 11. The molecular weight excluding hydrogens is 646 g/mol. The summed E-state index contributed by atoms with van der Waals surface area (Å²) in [5.74, 6) is 2.81. The number of anilines is 4. The zero-order valence-corrected chi connectivity index (χ0v) is 29.6. The lowest BCUT2D eigenvalue weighted by atomic mass is 9.90. The number of piperazine rings is 1. The number of carbonyl (C=O) groups is 1. The van der Waals surface area contributed by atoms with E-state index in [2.05, 4.69) is 57.4 Å². The van der Waals surface area contributed by atoms with Crippen LogP contribution in [0.4, 0.5) is 23.0 Å². The van der Waals surface area contributed by atoms with E-state index >= 15 is 0 Å². The molecule has 5 aliphatic rings. The molecule has 51 heavy (non-hydrogen) atoms. The second kappa shape index (κ2) is 12.7. The summed E-state index contributed by atoms with van der Waals surface area (Å²) >= 11 is 0. The zero-order chi connectivity index (χ0) is 35.6. The average molecular weight is 692 g/mol. The van der Waals surface area contributed by atoms with Crippen molar-refractivity contribution in [1.82, 2.24) is 24.3 Å². The van der Waals surface area contributed by atoms with E-state index in [1.165, 1.54) is 0 Å². The lowest BCUT2D eigenvalue weighted by Crippen LogP contribution is -2.59. The summed E-state index contributed by atoms with van der Waals surface area (Å²) in [6.07, 6.45) is 8.88. The van der Waals surface area contributed by atoms with E-state index in [4.69, 9.17) is 15.5 Å². The molecule has 2 saturated heterocycles. The second-order valence-corrected chi connectivity index (χ2v) is 15.1. The van der Waals surface area contributed by atoms with Crippen molar-refractivity contribution >= 4 is 40.4 Å². The van der Waals surface area contributed by atoms with Crippen molar-refractivity contribution < 1.29 is 19.4 Å². The van der Waals surface area contributed by atoms with Crippen molar-refractivity contribution in [2.75, 3.05) is 67.3 Å². The number of nitrogens with zero attached hydrogens (tertiary/aromatic N) is 7. The molecular formula is C38H45N9O4. The Labute approximate surface area is 297 Å². The summed E-state index contributed by atoms with van der Waals surface area (Å²) in [5.41, 5.74) is 13.8. The first-order chi connectivity index (χ1) is 24.6. The van der Waals surface area contributed by atoms with Crippen LogP contribution in [-0.4, -0.2) is 99.8 Å². The molecule has 0 saturated carbocycles. The van der Waals surface area contributed by atoms with Crippen molar-refractivity contribution in [3.8, 4) is 0 Å². The molecule has 13 heteroatoms. The Balaban J connectivity index is 1.04. The van der Waals surface area contributed by atoms with E-state index in [1.54, 1.807) is 23.0 Å². The fraction of sp³-hybridized carbons (Fsp3) is 0.447. The molecule has 2 fully saturated rings. The third-order valence-corrected chi connectivity index (χ3v) is 11.1. The molecule has 4 aliphatic heterocycles. The van der Waals surface area contributed by atoms with E-state index in [-0.39, 0.29) is 17.9 Å². The molecule has 0 radical (unpaired) electrons. The number of aliphatic hydroxyl groups is 1. The molecule has 3 aromatic heterocycles. The Hall–Kier alpha value is -4.94. The van der Waals surface area contributed by atoms with Gasteiger partial charge in [0, 0.05) is 75.0 Å². The van der Waals surface area contributed by atoms with Crippen molar-refractivity contribution in [1.29, 1.82) is 0 Å². The Kier molecular flexibility index (Phi) is 8.26. The highest BCUT2D eigenvalue weighted by atomic mass is 16.5. The predicted molar refractivity (Wildman–Crippen MR) is 196 cm³/mol. The maximum Gasteiger partial charge on any atom is 0.278 e. The minimum absolute atomic E-state index is 0.113. The smallest absolute Gasteiger partial charge is 0.278 e. The number of aliphatic hydroxyl groups excluding tert-OH is 1. The first-order valence-electron chi connectivity index (χ1n) is 17.7. The van der Waals surface area contributed by atoms with Crippen LogP contribution in [0, 0.1) is 5.41 Å². The van der Waals surface area contributed by atoms with Gasteiger partial charge < -0.3 is 35.3 Å². The van der Waals surface area contributed by atoms with Crippen LogP contribution >= 0.6 is 0 Å². The first kappa shape index (κ1) is 33.2. The molecule has 13 nitrogen and oxygen atoms in total. The van der Waals surface area contributed by atoms with Crippen LogP contribution in [0.2, 0.25) is 0 Å². The number of aromatic nitrogens is 3. The molecule has 4 N–H and O–H groups in total. The number of hydrogen-bond donors (Lipinski definition) is 3. The van der Waals surface area contributed by atoms with Gasteiger partial charge in [0.25, 0.3) is 5.91 Å². The fourth-order valence-electron chi connectivity index (χ4n) is 8.38. The zero-order valence-electron chi connectivity index (χ0n) is 29.6. The molecule has 266 valence electrons. The van der Waals surface area contributed by atoms with Gasteiger partial charge in [0.05, 0.1) is 49.1 Å². The molecule has 1 aliphatic carbocycles. The van der Waals surface area contributed by atoms with Gasteiger partial charge in [0.1, 0.15) is 23.0 Å². The summed E-state index contributed by atoms with van der Waals surface area (Å²) < 4.78 is 7.48. The number of carbonyl (C=O) groups excluding carboxylic acids is 2. The van der Waals surface area contributed by atoms with E-state index in [9.17, 15) is 14.7 Å². The molecule has 0 aromatic carbocycles. The summed E-state index contributed by atoms with van der Waals surface area (Å²) in [6, 6.07) is 6.65. The third kappa shape index (κ3) is 5.70. The van der Waals surface area contributed by atoms with E-state index in [0.717, 1.165) is 68.2 Å². The summed E-state index contributed by atoms with van der Waals surface area (Å²) in [4.78, 5) is 43.8. The number of ether oxygens (including phenoxy) is 1. The van der Waals surface area contributed by atoms with Crippen LogP contribution in [0.5, 0.6) is 0 Å². The van der Waals surface area contributed by atoms with Crippen LogP contribution in [0.15, 0.2) is 54.3 Å². The van der Waals surface area contributed by atoms with Gasteiger partial charge in [0.2, 0.25) is 0 Å². The largest absolute Gasteiger partial charge is 0.397 e. The second-order valence-electron chi connectivity index (χ2n) is 15.1. The SMILES string of the molecule is C[C@H]1CN(C2COC2)CCN1c1ccc(NC2=CC(c3ccnc(N4CCn5c6c(c(N)c5C4=O)CC(C)(C)C6)c3CO)=CN(C)C2=C=O)nc1. The minimum atomic E-state index is -0.346. The van der Waals surface area contributed by atoms with Gasteiger partial charge in [0.15, 0.2) is 5.94 Å². The lowest BCUT2D eigenvalue weighted by molar-refractivity contribution is -0.0691. The maximum absolute atomic E-state index is 14.0. The number of amides is 1. The van der Waals surface area contributed by atoms with Crippen LogP contribution in [0.25, 0.3) is 5.57 Å². The number of nitrogens with two attached hydrogens (primary N) is 1. The number of fused-ring (bicyclic) bond motifs is 3. The molecule has 0 unspecified atom stereocenters. The highest BCUT2D eigenvalue weighted by molar-refractivity contribution is 6.10. The quantitative estimate of drug-likeness (QED) is 0.315. The number of nitrogen functional groups attached to an aromatic ring is 1. The van der Waals surface area contributed by atoms with Crippen LogP contribution in [-0.2, 0) is 35.5 Å². The highest BCUT2D eigenvalue weighted by Crippen LogP contribution is 2.44. The lowest BCUT2D eigenvalue weighted by Gasteiger charge is -2.46. The Morgan fingerprint density at radius 3 is 2.63 bits per heavy atom. The summed E-state index contributed by atoms with van der Waals surface area (Å²) in [5, 5.41) is 14.1. The van der Waals surface area contributed by atoms with Crippen LogP contribution < -0.4 is 20.9 Å². The van der Waals surface area contributed by atoms with Gasteiger partial charge in [-0.05, 0) is 60.6 Å². The van der Waals surface area contributed by atoms with Crippen molar-refractivity contribution in [2.24, 2.45) is 5.41 Å². The standard InChI is InChI=1S/C38H45N9O4/c1-23-17-44(26-21-51-22-26)9-10-45(23)25-5-6-33(41-16-25)42-30-13-24(18-43(4)32(30)20-49)27-7-8-40-36(29(27)19-48)47-12-11-46-31-15-38(2,3)14-28(31)34(39)35(46)37(47)50/h5-8,13,16,18,23,26,48H,9-12,14-15,17,19,21-22,39H2,1-4H3,(H,41,42)/t23-/m0/s1. The van der Waals surface area contributed by atoms with Crippen molar-refractivity contribution in [3.63, 3.8) is 0 Å². The molecule has 3 aromatic rings. The monoisotopic (exact) mass is 691 g/mol. The van der Waals surface area contributed by atoms with Gasteiger partial charge in [-0.25, -0.2) is 14.8 Å². The minimum Gasteiger partial charge on any atom is -0.397 e. The predicted octanol–water partition coefficient (Wildman–Crippen LogP) is 3.04. The molecule has 0 bridgehead atoms. The van der Waals surface area contributed by atoms with E-state index < -0.39 is 0 Å². The van der Waals surface area contributed by atoms with E-state index in [0.29, 0.717) is 70.7 Å². The Morgan fingerprint density at radius 1 is 1.12 bits per heavy atom. The Morgan fingerprint density at radius 2 is 1.94 bits per heavy atom. The summed E-state index contributed by atoms with van der Waals surface area (Å²) in [6.45, 7) is 11.9. The summed E-state index contributed by atoms with van der Waals surface area (Å²) in [7, 11) is 1.77. The topological polar surface area (TPSA) is 145 Å². The molecule has 1 amide bonds. The average Bonchev–Trinajstić information content (AvgIpc) is 3.54. The Bertz CT molecular complexity index is 2010. The van der Waals surface area contributed by atoms with Crippen molar-refractivity contribution in [3.05, 3.63) is 82.3 Å². The van der Waals surface area contributed by atoms with Crippen molar-refractivity contribution in [2.45, 2.75) is 58.8 Å². The number of likely N-dealkylation sites (N-methyl/N-ethyl adjacent to an activating group) is 1. The maximum atomic E-state index is 14.0. The van der Waals surface area contributed by atoms with Gasteiger partial charge in [-0.15, -0.1) is 0 Å². The third-order valence-electron chi connectivity index (χ3n) is 11.1. The molecule has 1 atom stereocenters. The number of rotatable bonds is 7. The highest BCUT2D eigenvalue weighted by Gasteiger charge is 2.40. The van der Waals surface area contributed by atoms with Gasteiger partial charge in [-0.1, -0.05) is 13.8 Å². The first-order valence-corrected chi connectivity index (χ1v) is 17.7. The molecule has 8 rings (SSSR count). The van der Waals surface area contributed by atoms with Gasteiger partial charge >= 0.3 is 0 Å². The van der Waals surface area contributed by atoms with Crippen LogP contribution in [0.3, 0.4) is 0 Å². The normalized spacial score (nSPS) is 21.9. The number of pyridine rings is 2. The molecule has 0 spiro atoms.